The SMILES string of the molecule is Cc1ccc(OCCCF)cc1F. The van der Waals surface area contributed by atoms with Crippen molar-refractivity contribution in [2.75, 3.05) is 13.3 Å². The number of alkyl halides is 1. The number of rotatable bonds is 4. The highest BCUT2D eigenvalue weighted by Crippen LogP contribution is 2.15. The average molecular weight is 186 g/mol. The number of halogens is 2. The number of benzene rings is 1. The van der Waals surface area contributed by atoms with E-state index in [0.717, 1.165) is 0 Å². The average Bonchev–Trinajstić information content (AvgIpc) is 2.12. The highest BCUT2D eigenvalue weighted by atomic mass is 19.1. The van der Waals surface area contributed by atoms with Gasteiger partial charge in [-0.05, 0) is 18.6 Å². The first-order chi connectivity index (χ1) is 6.24. The van der Waals surface area contributed by atoms with Gasteiger partial charge in [-0.3, -0.25) is 4.39 Å². The molecule has 0 heterocycles. The fourth-order valence-electron chi connectivity index (χ4n) is 0.908. The molecule has 1 rings (SSSR count). The summed E-state index contributed by atoms with van der Waals surface area (Å²) in [5, 5.41) is 0. The second-order valence-electron chi connectivity index (χ2n) is 2.80. The van der Waals surface area contributed by atoms with Crippen LogP contribution in [0, 0.1) is 12.7 Å². The van der Waals surface area contributed by atoms with Gasteiger partial charge in [-0.25, -0.2) is 4.39 Å². The lowest BCUT2D eigenvalue weighted by molar-refractivity contribution is 0.288. The lowest BCUT2D eigenvalue weighted by Gasteiger charge is -2.05. The minimum absolute atomic E-state index is 0.291. The van der Waals surface area contributed by atoms with Crippen LogP contribution in [0.5, 0.6) is 5.75 Å². The van der Waals surface area contributed by atoms with Crippen LogP contribution in [-0.2, 0) is 0 Å². The molecule has 1 nitrogen and oxygen atoms in total. The van der Waals surface area contributed by atoms with Crippen LogP contribution in [0.1, 0.15) is 12.0 Å². The van der Waals surface area contributed by atoms with Crippen molar-refractivity contribution in [1.29, 1.82) is 0 Å². The van der Waals surface area contributed by atoms with Gasteiger partial charge in [-0.1, -0.05) is 6.07 Å². The Hall–Kier alpha value is -1.12. The normalized spacial score (nSPS) is 10.1. The minimum atomic E-state index is -0.408. The molecule has 1 aromatic carbocycles. The van der Waals surface area contributed by atoms with Crippen molar-refractivity contribution in [2.24, 2.45) is 0 Å². The first kappa shape index (κ1) is 9.96. The highest BCUT2D eigenvalue weighted by molar-refractivity contribution is 5.27. The summed E-state index contributed by atoms with van der Waals surface area (Å²) < 4.78 is 29.7. The van der Waals surface area contributed by atoms with Crippen LogP contribution >= 0.6 is 0 Å². The number of hydrogen-bond donors (Lipinski definition) is 0. The molecule has 0 aliphatic heterocycles. The molecule has 0 atom stereocenters. The summed E-state index contributed by atoms with van der Waals surface area (Å²) in [6.45, 7) is 1.56. The van der Waals surface area contributed by atoms with Crippen LogP contribution in [0.4, 0.5) is 8.78 Å². The summed E-state index contributed by atoms with van der Waals surface area (Å²) >= 11 is 0. The Morgan fingerprint density at radius 2 is 2.15 bits per heavy atom. The van der Waals surface area contributed by atoms with Crippen molar-refractivity contribution in [1.82, 2.24) is 0 Å². The molecule has 13 heavy (non-hydrogen) atoms. The van der Waals surface area contributed by atoms with Gasteiger partial charge in [0, 0.05) is 12.5 Å². The maximum atomic E-state index is 12.9. The fourth-order valence-corrected chi connectivity index (χ4v) is 0.908. The van der Waals surface area contributed by atoms with E-state index in [1.54, 1.807) is 19.1 Å². The molecule has 0 saturated carbocycles. The zero-order valence-corrected chi connectivity index (χ0v) is 7.52. The molecule has 0 fully saturated rings. The van der Waals surface area contributed by atoms with Gasteiger partial charge in [0.15, 0.2) is 0 Å². The Labute approximate surface area is 76.3 Å². The number of aryl methyl sites for hydroxylation is 1. The van der Waals surface area contributed by atoms with Crippen LogP contribution in [0.2, 0.25) is 0 Å². The second-order valence-corrected chi connectivity index (χ2v) is 2.80. The van der Waals surface area contributed by atoms with E-state index in [2.05, 4.69) is 0 Å². The van der Waals surface area contributed by atoms with Crippen molar-refractivity contribution in [3.8, 4) is 5.75 Å². The molecule has 0 unspecified atom stereocenters. The molecule has 0 aromatic heterocycles. The molecular weight excluding hydrogens is 174 g/mol. The lowest BCUT2D eigenvalue weighted by atomic mass is 10.2. The van der Waals surface area contributed by atoms with Gasteiger partial charge in [-0.15, -0.1) is 0 Å². The Bertz CT molecular complexity index is 274. The zero-order valence-electron chi connectivity index (χ0n) is 7.52. The molecule has 1 aromatic rings. The molecule has 0 bridgehead atoms. The predicted octanol–water partition coefficient (Wildman–Crippen LogP) is 2.87. The van der Waals surface area contributed by atoms with Gasteiger partial charge in [0.2, 0.25) is 0 Å². The molecule has 0 radical (unpaired) electrons. The topological polar surface area (TPSA) is 9.23 Å². The molecule has 72 valence electrons. The summed E-state index contributed by atoms with van der Waals surface area (Å²) in [5.41, 5.74) is 0.581. The third-order valence-electron chi connectivity index (χ3n) is 1.69. The maximum absolute atomic E-state index is 12.9. The third-order valence-corrected chi connectivity index (χ3v) is 1.69. The van der Waals surface area contributed by atoms with Gasteiger partial charge in [0.25, 0.3) is 0 Å². The van der Waals surface area contributed by atoms with Crippen molar-refractivity contribution in [2.45, 2.75) is 13.3 Å². The molecular formula is C10H12F2O. The summed E-state index contributed by atoms with van der Waals surface area (Å²) in [5.74, 6) is 0.161. The minimum Gasteiger partial charge on any atom is -0.493 e. The van der Waals surface area contributed by atoms with Crippen LogP contribution in [-0.4, -0.2) is 13.3 Å². The Kier molecular flexibility index (Phi) is 3.68. The maximum Gasteiger partial charge on any atom is 0.129 e. The van der Waals surface area contributed by atoms with Gasteiger partial charge in [-0.2, -0.15) is 0 Å². The summed E-state index contributed by atoms with van der Waals surface area (Å²) in [6.07, 6.45) is 0.343. The van der Waals surface area contributed by atoms with Crippen molar-refractivity contribution >= 4 is 0 Å². The zero-order chi connectivity index (χ0) is 9.68. The van der Waals surface area contributed by atoms with E-state index >= 15 is 0 Å². The van der Waals surface area contributed by atoms with E-state index in [1.807, 2.05) is 0 Å². The van der Waals surface area contributed by atoms with Crippen molar-refractivity contribution < 1.29 is 13.5 Å². The molecule has 0 aliphatic rings. The Morgan fingerprint density at radius 1 is 1.38 bits per heavy atom. The molecule has 0 amide bonds. The highest BCUT2D eigenvalue weighted by Gasteiger charge is 1.99. The molecule has 3 heteroatoms. The molecule has 0 aliphatic carbocycles. The second kappa shape index (κ2) is 4.80. The third kappa shape index (κ3) is 3.01. The monoisotopic (exact) mass is 186 g/mol. The van der Waals surface area contributed by atoms with Crippen LogP contribution in [0.15, 0.2) is 18.2 Å². The van der Waals surface area contributed by atoms with E-state index in [-0.39, 0.29) is 5.82 Å². The van der Waals surface area contributed by atoms with E-state index < -0.39 is 6.67 Å². The lowest BCUT2D eigenvalue weighted by Crippen LogP contribution is -1.98. The summed E-state index contributed by atoms with van der Waals surface area (Å²) in [6, 6.07) is 4.63. The molecule has 0 N–H and O–H groups in total. The first-order valence-electron chi connectivity index (χ1n) is 4.19. The van der Waals surface area contributed by atoms with E-state index in [9.17, 15) is 8.78 Å². The standard InChI is InChI=1S/C10H12F2O/c1-8-3-4-9(7-10(8)12)13-6-2-5-11/h3-4,7H,2,5-6H2,1H3. The Morgan fingerprint density at radius 3 is 2.77 bits per heavy atom. The van der Waals surface area contributed by atoms with Gasteiger partial charge < -0.3 is 4.74 Å². The summed E-state index contributed by atoms with van der Waals surface area (Å²) in [7, 11) is 0. The number of hydrogen-bond acceptors (Lipinski definition) is 1. The first-order valence-corrected chi connectivity index (χ1v) is 4.19. The summed E-state index contributed by atoms with van der Waals surface area (Å²) in [4.78, 5) is 0. The Balaban J connectivity index is 2.53. The van der Waals surface area contributed by atoms with E-state index in [4.69, 9.17) is 4.74 Å². The molecule has 0 spiro atoms. The van der Waals surface area contributed by atoms with Gasteiger partial charge in [0.05, 0.1) is 13.3 Å². The van der Waals surface area contributed by atoms with Crippen LogP contribution in [0.3, 0.4) is 0 Å². The quantitative estimate of drug-likeness (QED) is 0.657. The fraction of sp³-hybridized carbons (Fsp3) is 0.400. The van der Waals surface area contributed by atoms with Gasteiger partial charge in [0.1, 0.15) is 11.6 Å². The van der Waals surface area contributed by atoms with Gasteiger partial charge >= 0.3 is 0 Å². The van der Waals surface area contributed by atoms with Crippen LogP contribution < -0.4 is 4.74 Å². The van der Waals surface area contributed by atoms with Crippen molar-refractivity contribution in [3.05, 3.63) is 29.6 Å². The van der Waals surface area contributed by atoms with Crippen LogP contribution in [0.25, 0.3) is 0 Å². The molecule has 0 saturated heterocycles. The smallest absolute Gasteiger partial charge is 0.129 e. The predicted molar refractivity (Wildman–Crippen MR) is 47.2 cm³/mol. The van der Waals surface area contributed by atoms with E-state index in [0.29, 0.717) is 24.3 Å². The van der Waals surface area contributed by atoms with Crippen molar-refractivity contribution in [3.63, 3.8) is 0 Å². The number of ether oxygens (including phenoxy) is 1. The largest absolute Gasteiger partial charge is 0.493 e. The van der Waals surface area contributed by atoms with E-state index in [1.165, 1.54) is 6.07 Å².